The number of thiophene rings is 1. The van der Waals surface area contributed by atoms with Crippen molar-refractivity contribution in [3.8, 4) is 5.75 Å². The van der Waals surface area contributed by atoms with E-state index in [9.17, 15) is 4.79 Å². The molecule has 0 amide bonds. The zero-order valence-electron chi connectivity index (χ0n) is 12.1. The largest absolute Gasteiger partial charge is 0.494 e. The summed E-state index contributed by atoms with van der Waals surface area (Å²) in [7, 11) is 0. The number of ether oxygens (including phenoxy) is 2. The van der Waals surface area contributed by atoms with E-state index in [0.717, 1.165) is 22.6 Å². The predicted molar refractivity (Wildman–Crippen MR) is 87.2 cm³/mol. The van der Waals surface area contributed by atoms with Crippen molar-refractivity contribution in [1.82, 2.24) is 0 Å². The fourth-order valence-electron chi connectivity index (χ4n) is 1.95. The van der Waals surface area contributed by atoms with Crippen molar-refractivity contribution in [2.24, 2.45) is 4.99 Å². The molecule has 0 bridgehead atoms. The molecule has 0 fully saturated rings. The average Bonchev–Trinajstić information content (AvgIpc) is 3.17. The van der Waals surface area contributed by atoms with Crippen LogP contribution in [0, 0.1) is 0 Å². The highest BCUT2D eigenvalue weighted by Crippen LogP contribution is 2.22. The molecule has 0 unspecified atom stereocenters. The smallest absolute Gasteiger partial charge is 0.363 e. The van der Waals surface area contributed by atoms with Gasteiger partial charge < -0.3 is 9.47 Å². The van der Waals surface area contributed by atoms with E-state index in [1.807, 2.05) is 41.8 Å². The number of nitrogens with zero attached hydrogens (tertiary/aromatic N) is 1. The third-order valence-electron chi connectivity index (χ3n) is 3.01. The quantitative estimate of drug-likeness (QED) is 0.621. The Morgan fingerprint density at radius 3 is 2.77 bits per heavy atom. The third kappa shape index (κ3) is 3.26. The van der Waals surface area contributed by atoms with Gasteiger partial charge in [0.05, 0.1) is 11.5 Å². The van der Waals surface area contributed by atoms with E-state index in [-0.39, 0.29) is 0 Å². The number of hydrogen-bond donors (Lipinski definition) is 0. The van der Waals surface area contributed by atoms with Crippen LogP contribution in [-0.2, 0) is 9.53 Å². The van der Waals surface area contributed by atoms with Crippen LogP contribution in [-0.4, -0.2) is 18.5 Å². The standard InChI is InChI=1S/C17H15NO3S/c1-2-9-20-13-7-5-12(6-8-13)11-14-17(19)21-16(18-14)15-4-3-10-22-15/h3-8,10-11H,2,9H2,1H3/b14-11+. The van der Waals surface area contributed by atoms with Gasteiger partial charge in [0.1, 0.15) is 5.75 Å². The summed E-state index contributed by atoms with van der Waals surface area (Å²) in [6.07, 6.45) is 2.68. The first-order valence-corrected chi connectivity index (χ1v) is 7.93. The van der Waals surface area contributed by atoms with Crippen molar-refractivity contribution in [1.29, 1.82) is 0 Å². The maximum atomic E-state index is 11.9. The van der Waals surface area contributed by atoms with E-state index in [1.165, 1.54) is 11.3 Å². The molecule has 2 heterocycles. The first-order chi connectivity index (χ1) is 10.8. The van der Waals surface area contributed by atoms with Crippen molar-refractivity contribution < 1.29 is 14.3 Å². The molecule has 0 aliphatic carbocycles. The van der Waals surface area contributed by atoms with Gasteiger partial charge in [-0.1, -0.05) is 25.1 Å². The molecule has 1 aliphatic rings. The van der Waals surface area contributed by atoms with E-state index < -0.39 is 5.97 Å². The maximum Gasteiger partial charge on any atom is 0.363 e. The van der Waals surface area contributed by atoms with Gasteiger partial charge in [-0.15, -0.1) is 11.3 Å². The van der Waals surface area contributed by atoms with Gasteiger partial charge in [0.15, 0.2) is 5.70 Å². The second-order valence-electron chi connectivity index (χ2n) is 4.73. The molecule has 0 saturated carbocycles. The molecule has 1 aromatic heterocycles. The molecule has 0 atom stereocenters. The van der Waals surface area contributed by atoms with E-state index in [0.29, 0.717) is 18.2 Å². The minimum Gasteiger partial charge on any atom is -0.494 e. The first kappa shape index (κ1) is 14.5. The van der Waals surface area contributed by atoms with E-state index in [4.69, 9.17) is 9.47 Å². The Kier molecular flexibility index (Phi) is 4.34. The van der Waals surface area contributed by atoms with Crippen LogP contribution >= 0.6 is 11.3 Å². The number of cyclic esters (lactones) is 1. The Morgan fingerprint density at radius 1 is 1.27 bits per heavy atom. The van der Waals surface area contributed by atoms with Crippen LogP contribution < -0.4 is 4.74 Å². The monoisotopic (exact) mass is 313 g/mol. The van der Waals surface area contributed by atoms with Crippen molar-refractivity contribution in [2.75, 3.05) is 6.61 Å². The molecule has 0 N–H and O–H groups in total. The van der Waals surface area contributed by atoms with Gasteiger partial charge in [0.25, 0.3) is 0 Å². The lowest BCUT2D eigenvalue weighted by Crippen LogP contribution is -2.03. The van der Waals surface area contributed by atoms with Crippen LogP contribution in [0.3, 0.4) is 0 Å². The van der Waals surface area contributed by atoms with Gasteiger partial charge in [-0.3, -0.25) is 0 Å². The Labute approximate surface area is 132 Å². The minimum atomic E-state index is -0.422. The number of esters is 1. The average molecular weight is 313 g/mol. The molecule has 0 radical (unpaired) electrons. The van der Waals surface area contributed by atoms with Gasteiger partial charge in [-0.25, -0.2) is 9.79 Å². The zero-order chi connectivity index (χ0) is 15.4. The number of carbonyl (C=O) groups excluding carboxylic acids is 1. The van der Waals surface area contributed by atoms with Crippen molar-refractivity contribution in [3.05, 3.63) is 57.9 Å². The molecular formula is C17H15NO3S. The summed E-state index contributed by atoms with van der Waals surface area (Å²) in [5, 5.41) is 1.92. The second-order valence-corrected chi connectivity index (χ2v) is 5.68. The molecule has 112 valence electrons. The molecule has 1 aromatic carbocycles. The van der Waals surface area contributed by atoms with Crippen molar-refractivity contribution in [2.45, 2.75) is 13.3 Å². The van der Waals surface area contributed by atoms with Crippen molar-refractivity contribution >= 4 is 29.3 Å². The third-order valence-corrected chi connectivity index (χ3v) is 3.87. The molecule has 0 spiro atoms. The summed E-state index contributed by atoms with van der Waals surface area (Å²) in [6.45, 7) is 2.76. The summed E-state index contributed by atoms with van der Waals surface area (Å²) < 4.78 is 10.7. The highest BCUT2D eigenvalue weighted by Gasteiger charge is 2.24. The van der Waals surface area contributed by atoms with Crippen LogP contribution in [0.2, 0.25) is 0 Å². The number of benzene rings is 1. The van der Waals surface area contributed by atoms with E-state index in [1.54, 1.807) is 6.08 Å². The molecule has 5 heteroatoms. The molecule has 4 nitrogen and oxygen atoms in total. The van der Waals surface area contributed by atoms with Gasteiger partial charge in [0.2, 0.25) is 5.90 Å². The first-order valence-electron chi connectivity index (χ1n) is 7.05. The SMILES string of the molecule is CCCOc1ccc(/C=C2/N=C(c3cccs3)OC2=O)cc1. The summed E-state index contributed by atoms with van der Waals surface area (Å²) in [5.41, 5.74) is 1.19. The topological polar surface area (TPSA) is 47.9 Å². The van der Waals surface area contributed by atoms with Crippen LogP contribution in [0.5, 0.6) is 5.75 Å². The van der Waals surface area contributed by atoms with E-state index in [2.05, 4.69) is 11.9 Å². The van der Waals surface area contributed by atoms with E-state index >= 15 is 0 Å². The Bertz CT molecular complexity index is 715. The number of aliphatic imine (C=N–C) groups is 1. The van der Waals surface area contributed by atoms with Gasteiger partial charge in [-0.2, -0.15) is 0 Å². The second kappa shape index (κ2) is 6.58. The maximum absolute atomic E-state index is 11.9. The lowest BCUT2D eigenvalue weighted by molar-refractivity contribution is -0.129. The Balaban J connectivity index is 1.78. The summed E-state index contributed by atoms with van der Waals surface area (Å²) in [6, 6.07) is 11.3. The van der Waals surface area contributed by atoms with Crippen LogP contribution in [0.1, 0.15) is 23.8 Å². The molecule has 2 aromatic rings. The Morgan fingerprint density at radius 2 is 2.09 bits per heavy atom. The summed E-state index contributed by atoms with van der Waals surface area (Å²) in [5.74, 6) is 0.768. The number of rotatable bonds is 5. The zero-order valence-corrected chi connectivity index (χ0v) is 12.9. The van der Waals surface area contributed by atoms with Crippen molar-refractivity contribution in [3.63, 3.8) is 0 Å². The van der Waals surface area contributed by atoms with Crippen LogP contribution in [0.4, 0.5) is 0 Å². The molecule has 1 aliphatic heterocycles. The van der Waals surface area contributed by atoms with Crippen LogP contribution in [0.25, 0.3) is 6.08 Å². The van der Waals surface area contributed by atoms with Crippen LogP contribution in [0.15, 0.2) is 52.5 Å². The van der Waals surface area contributed by atoms with Gasteiger partial charge in [0, 0.05) is 0 Å². The fourth-order valence-corrected chi connectivity index (χ4v) is 2.60. The number of hydrogen-bond acceptors (Lipinski definition) is 5. The number of carbonyl (C=O) groups is 1. The molecule has 22 heavy (non-hydrogen) atoms. The molecule has 0 saturated heterocycles. The predicted octanol–water partition coefficient (Wildman–Crippen LogP) is 3.88. The lowest BCUT2D eigenvalue weighted by Gasteiger charge is -2.04. The highest BCUT2D eigenvalue weighted by molar-refractivity contribution is 7.12. The Hall–Kier alpha value is -2.40. The minimum absolute atomic E-state index is 0.311. The summed E-state index contributed by atoms with van der Waals surface area (Å²) in [4.78, 5) is 17.0. The van der Waals surface area contributed by atoms with Gasteiger partial charge >= 0.3 is 5.97 Å². The summed E-state index contributed by atoms with van der Waals surface area (Å²) >= 11 is 1.49. The normalized spacial score (nSPS) is 15.8. The fraction of sp³-hybridized carbons (Fsp3) is 0.176. The molecular weight excluding hydrogens is 298 g/mol. The highest BCUT2D eigenvalue weighted by atomic mass is 32.1. The molecule has 3 rings (SSSR count). The van der Waals surface area contributed by atoms with Gasteiger partial charge in [-0.05, 0) is 41.6 Å². The lowest BCUT2D eigenvalue weighted by atomic mass is 10.2.